The summed E-state index contributed by atoms with van der Waals surface area (Å²) in [5.41, 5.74) is -0.288. The van der Waals surface area contributed by atoms with Crippen molar-refractivity contribution in [3.63, 3.8) is 0 Å². The van der Waals surface area contributed by atoms with E-state index in [-0.39, 0.29) is 18.0 Å². The van der Waals surface area contributed by atoms with E-state index in [9.17, 15) is 4.79 Å². The number of hydrogen-bond acceptors (Lipinski definition) is 3. The number of hydrogen-bond donors (Lipinski definition) is 1. The van der Waals surface area contributed by atoms with Gasteiger partial charge in [0.1, 0.15) is 0 Å². The molecule has 1 saturated carbocycles. The molecule has 0 aromatic heterocycles. The molecule has 84 valence electrons. The van der Waals surface area contributed by atoms with Crippen molar-refractivity contribution in [2.45, 2.75) is 32.1 Å². The van der Waals surface area contributed by atoms with E-state index < -0.39 is 0 Å². The molecule has 2 bridgehead atoms. The monoisotopic (exact) mass is 210 g/mol. The van der Waals surface area contributed by atoms with Gasteiger partial charge in [-0.25, -0.2) is 0 Å². The standard InChI is InChI=1S/C12H18O3/c13-7-1-2-8-15-11(14)12-5-3-10(9-12)4-6-12/h3,5,10,13H,1-2,4,6-9H2. The molecule has 2 unspecified atom stereocenters. The molecule has 0 saturated heterocycles. The lowest BCUT2D eigenvalue weighted by molar-refractivity contribution is -0.152. The predicted molar refractivity (Wildman–Crippen MR) is 56.2 cm³/mol. The van der Waals surface area contributed by atoms with Crippen LogP contribution >= 0.6 is 0 Å². The normalized spacial score (nSPS) is 32.2. The average molecular weight is 210 g/mol. The molecular formula is C12H18O3. The molecular weight excluding hydrogens is 192 g/mol. The maximum atomic E-state index is 11.9. The van der Waals surface area contributed by atoms with Crippen molar-refractivity contribution >= 4 is 5.97 Å². The molecule has 2 atom stereocenters. The van der Waals surface area contributed by atoms with Crippen molar-refractivity contribution in [1.29, 1.82) is 0 Å². The molecule has 2 rings (SSSR count). The number of allylic oxidation sites excluding steroid dienone is 1. The molecule has 0 heterocycles. The zero-order chi connectivity index (χ0) is 10.7. The minimum atomic E-state index is -0.288. The van der Waals surface area contributed by atoms with E-state index in [1.54, 1.807) is 0 Å². The first-order valence-corrected chi connectivity index (χ1v) is 5.74. The lowest BCUT2D eigenvalue weighted by Crippen LogP contribution is -2.27. The zero-order valence-electron chi connectivity index (χ0n) is 8.95. The molecule has 0 radical (unpaired) electrons. The number of carbonyl (C=O) groups excluding carboxylic acids is 1. The lowest BCUT2D eigenvalue weighted by Gasteiger charge is -2.20. The Kier molecular flexibility index (Phi) is 3.10. The highest BCUT2D eigenvalue weighted by Gasteiger charge is 2.47. The second-order valence-corrected chi connectivity index (χ2v) is 4.58. The van der Waals surface area contributed by atoms with Crippen molar-refractivity contribution in [1.82, 2.24) is 0 Å². The van der Waals surface area contributed by atoms with Crippen LogP contribution in [0.3, 0.4) is 0 Å². The van der Waals surface area contributed by atoms with E-state index in [1.165, 1.54) is 0 Å². The van der Waals surface area contributed by atoms with Crippen molar-refractivity contribution in [2.24, 2.45) is 11.3 Å². The van der Waals surface area contributed by atoms with Gasteiger partial charge >= 0.3 is 5.97 Å². The van der Waals surface area contributed by atoms with Gasteiger partial charge in [0.15, 0.2) is 0 Å². The third kappa shape index (κ3) is 2.07. The van der Waals surface area contributed by atoms with Gasteiger partial charge in [0.05, 0.1) is 12.0 Å². The summed E-state index contributed by atoms with van der Waals surface area (Å²) >= 11 is 0. The molecule has 0 aliphatic heterocycles. The molecule has 0 aromatic rings. The van der Waals surface area contributed by atoms with E-state index in [0.29, 0.717) is 18.9 Å². The molecule has 2 aliphatic rings. The smallest absolute Gasteiger partial charge is 0.315 e. The van der Waals surface area contributed by atoms with E-state index in [0.717, 1.165) is 25.7 Å². The number of fused-ring (bicyclic) bond motifs is 2. The molecule has 15 heavy (non-hydrogen) atoms. The predicted octanol–water partition coefficient (Wildman–Crippen LogP) is 1.66. The Morgan fingerprint density at radius 1 is 1.53 bits per heavy atom. The topological polar surface area (TPSA) is 46.5 Å². The second kappa shape index (κ2) is 4.35. The van der Waals surface area contributed by atoms with Crippen molar-refractivity contribution in [3.05, 3.63) is 12.2 Å². The number of ether oxygens (including phenoxy) is 1. The van der Waals surface area contributed by atoms with E-state index in [2.05, 4.69) is 6.08 Å². The van der Waals surface area contributed by atoms with E-state index in [4.69, 9.17) is 9.84 Å². The summed E-state index contributed by atoms with van der Waals surface area (Å²) in [5.74, 6) is 0.548. The summed E-state index contributed by atoms with van der Waals surface area (Å²) in [6.45, 7) is 0.615. The molecule has 0 aromatic carbocycles. The Labute approximate surface area is 90.1 Å². The number of carbonyl (C=O) groups is 1. The maximum absolute atomic E-state index is 11.9. The highest BCUT2D eigenvalue weighted by molar-refractivity contribution is 5.80. The maximum Gasteiger partial charge on any atom is 0.315 e. The summed E-state index contributed by atoms with van der Waals surface area (Å²) in [4.78, 5) is 11.9. The lowest BCUT2D eigenvalue weighted by atomic mass is 9.88. The minimum absolute atomic E-state index is 0.0586. The average Bonchev–Trinajstić information content (AvgIpc) is 2.85. The first-order valence-electron chi connectivity index (χ1n) is 5.74. The van der Waals surface area contributed by atoms with Gasteiger partial charge in [0.25, 0.3) is 0 Å². The SMILES string of the molecule is O=C(OCCCCO)C12C=CC(CC1)C2. The number of rotatable bonds is 5. The zero-order valence-corrected chi connectivity index (χ0v) is 8.95. The van der Waals surface area contributed by atoms with Gasteiger partial charge in [-0.2, -0.15) is 0 Å². The van der Waals surface area contributed by atoms with Gasteiger partial charge in [0, 0.05) is 6.61 Å². The summed E-state index contributed by atoms with van der Waals surface area (Å²) in [7, 11) is 0. The van der Waals surface area contributed by atoms with Gasteiger partial charge in [-0.3, -0.25) is 4.79 Å². The van der Waals surface area contributed by atoms with Crippen LogP contribution in [-0.4, -0.2) is 24.3 Å². The van der Waals surface area contributed by atoms with Crippen molar-refractivity contribution < 1.29 is 14.6 Å². The number of esters is 1. The van der Waals surface area contributed by atoms with Crippen LogP contribution in [-0.2, 0) is 9.53 Å². The Morgan fingerprint density at radius 2 is 2.40 bits per heavy atom. The van der Waals surface area contributed by atoms with Crippen LogP contribution in [0, 0.1) is 11.3 Å². The highest BCUT2D eigenvalue weighted by Crippen LogP contribution is 2.49. The van der Waals surface area contributed by atoms with Crippen molar-refractivity contribution in [2.75, 3.05) is 13.2 Å². The summed E-state index contributed by atoms with van der Waals surface area (Å²) in [6.07, 6.45) is 8.68. The second-order valence-electron chi connectivity index (χ2n) is 4.58. The summed E-state index contributed by atoms with van der Waals surface area (Å²) in [6, 6.07) is 0. The third-order valence-corrected chi connectivity index (χ3v) is 3.47. The molecule has 0 amide bonds. The highest BCUT2D eigenvalue weighted by atomic mass is 16.5. The van der Waals surface area contributed by atoms with Crippen LogP contribution in [0.2, 0.25) is 0 Å². The fraction of sp³-hybridized carbons (Fsp3) is 0.750. The fourth-order valence-electron chi connectivity index (χ4n) is 2.53. The van der Waals surface area contributed by atoms with Crippen LogP contribution in [0.15, 0.2) is 12.2 Å². The number of unbranched alkanes of at least 4 members (excludes halogenated alkanes) is 1. The van der Waals surface area contributed by atoms with E-state index >= 15 is 0 Å². The van der Waals surface area contributed by atoms with Gasteiger partial charge in [-0.1, -0.05) is 12.2 Å². The third-order valence-electron chi connectivity index (χ3n) is 3.47. The summed E-state index contributed by atoms with van der Waals surface area (Å²) in [5, 5.41) is 8.59. The molecule has 3 heteroatoms. The molecule has 1 fully saturated rings. The van der Waals surface area contributed by atoms with Crippen LogP contribution in [0.4, 0.5) is 0 Å². The van der Waals surface area contributed by atoms with Crippen LogP contribution in [0.25, 0.3) is 0 Å². The first-order chi connectivity index (χ1) is 7.27. The van der Waals surface area contributed by atoms with Gasteiger partial charge in [-0.05, 0) is 38.0 Å². The Balaban J connectivity index is 1.79. The first kappa shape index (κ1) is 10.7. The minimum Gasteiger partial charge on any atom is -0.465 e. The Bertz CT molecular complexity index is 272. The molecule has 1 N–H and O–H groups in total. The summed E-state index contributed by atoms with van der Waals surface area (Å²) < 4.78 is 5.25. The van der Waals surface area contributed by atoms with Crippen LogP contribution in [0.1, 0.15) is 32.1 Å². The van der Waals surface area contributed by atoms with Crippen LogP contribution < -0.4 is 0 Å². The quantitative estimate of drug-likeness (QED) is 0.426. The van der Waals surface area contributed by atoms with Gasteiger partial charge in [-0.15, -0.1) is 0 Å². The van der Waals surface area contributed by atoms with Gasteiger partial charge < -0.3 is 9.84 Å². The van der Waals surface area contributed by atoms with Gasteiger partial charge in [0.2, 0.25) is 0 Å². The largest absolute Gasteiger partial charge is 0.465 e. The van der Waals surface area contributed by atoms with Crippen LogP contribution in [0.5, 0.6) is 0 Å². The fourth-order valence-corrected chi connectivity index (χ4v) is 2.53. The van der Waals surface area contributed by atoms with Crippen molar-refractivity contribution in [3.8, 4) is 0 Å². The number of aliphatic hydroxyl groups excluding tert-OH is 1. The van der Waals surface area contributed by atoms with E-state index in [1.807, 2.05) is 6.08 Å². The number of aliphatic hydroxyl groups is 1. The Morgan fingerprint density at radius 3 is 2.93 bits per heavy atom. The molecule has 2 aliphatic carbocycles. The Hall–Kier alpha value is -0.830. The molecule has 3 nitrogen and oxygen atoms in total. The molecule has 0 spiro atoms.